The van der Waals surface area contributed by atoms with Crippen molar-refractivity contribution in [2.75, 3.05) is 11.9 Å². The Balaban J connectivity index is 1.77. The third kappa shape index (κ3) is 6.00. The number of carbonyl (C=O) groups is 1. The van der Waals surface area contributed by atoms with E-state index in [0.717, 1.165) is 18.4 Å². The van der Waals surface area contributed by atoms with Gasteiger partial charge in [0.05, 0.1) is 12.8 Å². The van der Waals surface area contributed by atoms with Crippen LogP contribution in [0.2, 0.25) is 0 Å². The standard InChI is InChI=1S/C15H13I2N3O/c16-12-3-1-11(2-4-12)9-19-20-15(21)10-18-14-7-5-13(17)6-8-14/h1-9,18H,10H2,(H,20,21)/b19-9+. The van der Waals surface area contributed by atoms with Gasteiger partial charge in [0, 0.05) is 12.8 Å². The molecule has 2 N–H and O–H groups in total. The first kappa shape index (κ1) is 16.2. The molecule has 1 amide bonds. The third-order valence-corrected chi connectivity index (χ3v) is 4.01. The van der Waals surface area contributed by atoms with E-state index in [0.29, 0.717) is 0 Å². The van der Waals surface area contributed by atoms with Crippen molar-refractivity contribution < 1.29 is 4.79 Å². The van der Waals surface area contributed by atoms with Crippen molar-refractivity contribution in [3.05, 3.63) is 61.2 Å². The van der Waals surface area contributed by atoms with Crippen LogP contribution in [0.1, 0.15) is 5.56 Å². The molecular formula is C15H13I2N3O. The van der Waals surface area contributed by atoms with Gasteiger partial charge in [-0.05, 0) is 87.1 Å². The van der Waals surface area contributed by atoms with Gasteiger partial charge in [0.15, 0.2) is 0 Å². The zero-order valence-corrected chi connectivity index (χ0v) is 15.3. The number of rotatable bonds is 5. The zero-order chi connectivity index (χ0) is 15.1. The van der Waals surface area contributed by atoms with E-state index in [9.17, 15) is 4.79 Å². The van der Waals surface area contributed by atoms with E-state index < -0.39 is 0 Å². The third-order valence-electron chi connectivity index (χ3n) is 2.57. The van der Waals surface area contributed by atoms with E-state index in [1.807, 2.05) is 48.5 Å². The molecule has 0 spiro atoms. The summed E-state index contributed by atoms with van der Waals surface area (Å²) in [5, 5.41) is 6.97. The maximum Gasteiger partial charge on any atom is 0.259 e. The van der Waals surface area contributed by atoms with Crippen LogP contribution in [-0.4, -0.2) is 18.7 Å². The maximum atomic E-state index is 11.6. The fraction of sp³-hybridized carbons (Fsp3) is 0.0667. The van der Waals surface area contributed by atoms with Gasteiger partial charge in [0.25, 0.3) is 5.91 Å². The van der Waals surface area contributed by atoms with Crippen molar-refractivity contribution in [3.63, 3.8) is 0 Å². The second-order valence-corrected chi connectivity index (χ2v) is 6.70. The van der Waals surface area contributed by atoms with E-state index >= 15 is 0 Å². The molecule has 0 radical (unpaired) electrons. The van der Waals surface area contributed by atoms with Crippen LogP contribution in [0, 0.1) is 7.14 Å². The minimum absolute atomic E-state index is 0.185. The molecule has 21 heavy (non-hydrogen) atoms. The Morgan fingerprint density at radius 1 is 1.00 bits per heavy atom. The molecule has 4 nitrogen and oxygen atoms in total. The Bertz CT molecular complexity index is 624. The van der Waals surface area contributed by atoms with Crippen molar-refractivity contribution in [2.24, 2.45) is 5.10 Å². The number of benzene rings is 2. The lowest BCUT2D eigenvalue weighted by atomic mass is 10.2. The van der Waals surface area contributed by atoms with Crippen LogP contribution >= 0.6 is 45.2 Å². The molecule has 0 aromatic heterocycles. The van der Waals surface area contributed by atoms with Crippen molar-refractivity contribution >= 4 is 63.0 Å². The summed E-state index contributed by atoms with van der Waals surface area (Å²) in [6.45, 7) is 0.185. The highest BCUT2D eigenvalue weighted by atomic mass is 127. The summed E-state index contributed by atoms with van der Waals surface area (Å²) < 4.78 is 2.32. The quantitative estimate of drug-likeness (QED) is 0.372. The predicted molar refractivity (Wildman–Crippen MR) is 103 cm³/mol. The molecule has 2 aromatic carbocycles. The van der Waals surface area contributed by atoms with Gasteiger partial charge in [-0.2, -0.15) is 5.10 Å². The number of amides is 1. The van der Waals surface area contributed by atoms with Crippen molar-refractivity contribution in [2.45, 2.75) is 0 Å². The molecule has 2 aromatic rings. The molecule has 0 heterocycles. The Hall–Kier alpha value is -1.16. The summed E-state index contributed by atoms with van der Waals surface area (Å²) in [5.41, 5.74) is 4.35. The minimum Gasteiger partial charge on any atom is -0.376 e. The van der Waals surface area contributed by atoms with E-state index in [4.69, 9.17) is 0 Å². The fourth-order valence-corrected chi connectivity index (χ4v) is 2.24. The van der Waals surface area contributed by atoms with Gasteiger partial charge in [-0.1, -0.05) is 12.1 Å². The molecule has 0 aliphatic carbocycles. The van der Waals surface area contributed by atoms with Crippen LogP contribution in [0.5, 0.6) is 0 Å². The van der Waals surface area contributed by atoms with Gasteiger partial charge in [-0.15, -0.1) is 0 Å². The maximum absolute atomic E-state index is 11.6. The van der Waals surface area contributed by atoms with Gasteiger partial charge < -0.3 is 5.32 Å². The summed E-state index contributed by atoms with van der Waals surface area (Å²) >= 11 is 4.48. The molecule has 0 aliphatic heterocycles. The highest BCUT2D eigenvalue weighted by molar-refractivity contribution is 14.1. The van der Waals surface area contributed by atoms with Gasteiger partial charge in [0.1, 0.15) is 0 Å². The molecule has 0 unspecified atom stereocenters. The molecule has 0 saturated carbocycles. The summed E-state index contributed by atoms with van der Waals surface area (Å²) in [6.07, 6.45) is 1.62. The van der Waals surface area contributed by atoms with Gasteiger partial charge >= 0.3 is 0 Å². The van der Waals surface area contributed by atoms with E-state index in [1.54, 1.807) is 6.21 Å². The Morgan fingerprint density at radius 2 is 1.57 bits per heavy atom. The Morgan fingerprint density at radius 3 is 2.19 bits per heavy atom. The molecule has 2 rings (SSSR count). The lowest BCUT2D eigenvalue weighted by molar-refractivity contribution is -0.119. The summed E-state index contributed by atoms with van der Waals surface area (Å²) in [4.78, 5) is 11.6. The first-order valence-corrected chi connectivity index (χ1v) is 8.36. The summed E-state index contributed by atoms with van der Waals surface area (Å²) in [6, 6.07) is 15.7. The number of hydrazone groups is 1. The van der Waals surface area contributed by atoms with Crippen LogP contribution in [0.3, 0.4) is 0 Å². The normalized spacial score (nSPS) is 10.6. The number of hydrogen-bond donors (Lipinski definition) is 2. The molecule has 0 bridgehead atoms. The number of anilines is 1. The average Bonchev–Trinajstić information content (AvgIpc) is 2.49. The molecule has 0 aliphatic rings. The van der Waals surface area contributed by atoms with E-state index in [2.05, 4.69) is 61.0 Å². The van der Waals surface area contributed by atoms with Crippen LogP contribution in [0.15, 0.2) is 53.6 Å². The second kappa shape index (κ2) is 8.32. The number of hydrogen-bond acceptors (Lipinski definition) is 3. The number of nitrogens with one attached hydrogen (secondary N) is 2. The number of carbonyl (C=O) groups excluding carboxylic acids is 1. The molecule has 6 heteroatoms. The van der Waals surface area contributed by atoms with Crippen LogP contribution in [0.25, 0.3) is 0 Å². The van der Waals surface area contributed by atoms with Gasteiger partial charge in [-0.3, -0.25) is 4.79 Å². The number of nitrogens with zero attached hydrogens (tertiary/aromatic N) is 1. The summed E-state index contributed by atoms with van der Waals surface area (Å²) in [5.74, 6) is -0.185. The van der Waals surface area contributed by atoms with E-state index in [-0.39, 0.29) is 12.5 Å². The van der Waals surface area contributed by atoms with Crippen LogP contribution in [0.4, 0.5) is 5.69 Å². The van der Waals surface area contributed by atoms with Gasteiger partial charge in [0.2, 0.25) is 0 Å². The van der Waals surface area contributed by atoms with Crippen LogP contribution < -0.4 is 10.7 Å². The highest BCUT2D eigenvalue weighted by Gasteiger charge is 1.99. The Kier molecular flexibility index (Phi) is 6.43. The largest absolute Gasteiger partial charge is 0.376 e. The lowest BCUT2D eigenvalue weighted by Crippen LogP contribution is -2.25. The second-order valence-electron chi connectivity index (χ2n) is 4.21. The topological polar surface area (TPSA) is 53.5 Å². The summed E-state index contributed by atoms with van der Waals surface area (Å²) in [7, 11) is 0. The fourth-order valence-electron chi connectivity index (χ4n) is 1.52. The smallest absolute Gasteiger partial charge is 0.259 e. The van der Waals surface area contributed by atoms with Crippen molar-refractivity contribution in [1.29, 1.82) is 0 Å². The molecule has 108 valence electrons. The molecule has 0 saturated heterocycles. The zero-order valence-electron chi connectivity index (χ0n) is 11.0. The molecule has 0 atom stereocenters. The van der Waals surface area contributed by atoms with Crippen molar-refractivity contribution in [3.8, 4) is 0 Å². The average molecular weight is 505 g/mol. The monoisotopic (exact) mass is 505 g/mol. The highest BCUT2D eigenvalue weighted by Crippen LogP contribution is 2.10. The van der Waals surface area contributed by atoms with E-state index in [1.165, 1.54) is 0 Å². The Labute approximate surface area is 150 Å². The van der Waals surface area contributed by atoms with Crippen molar-refractivity contribution in [1.82, 2.24) is 5.43 Å². The first-order valence-electron chi connectivity index (χ1n) is 6.20. The molecule has 0 fully saturated rings. The molecular weight excluding hydrogens is 492 g/mol. The van der Waals surface area contributed by atoms with Crippen LogP contribution in [-0.2, 0) is 4.79 Å². The van der Waals surface area contributed by atoms with Gasteiger partial charge in [-0.25, -0.2) is 5.43 Å². The SMILES string of the molecule is O=C(CNc1ccc(I)cc1)N/N=C/c1ccc(I)cc1. The predicted octanol–water partition coefficient (Wildman–Crippen LogP) is 3.46. The first-order chi connectivity index (χ1) is 10.1. The minimum atomic E-state index is -0.185. The number of halogens is 2. The lowest BCUT2D eigenvalue weighted by Gasteiger charge is -2.05.